The molecule has 0 saturated carbocycles. The molecule has 0 saturated heterocycles. The summed E-state index contributed by atoms with van der Waals surface area (Å²) in [7, 11) is 0. The molecular formula is C7H7BrN2O3. The van der Waals surface area contributed by atoms with Gasteiger partial charge < -0.3 is 4.57 Å². The van der Waals surface area contributed by atoms with Crippen molar-refractivity contribution in [3.8, 4) is 0 Å². The van der Waals surface area contributed by atoms with E-state index in [0.29, 0.717) is 6.54 Å². The molecule has 1 heterocycles. The Bertz CT molecular complexity index is 399. The van der Waals surface area contributed by atoms with Gasteiger partial charge in [-0.3, -0.25) is 14.9 Å². The molecule has 1 aromatic heterocycles. The summed E-state index contributed by atoms with van der Waals surface area (Å²) >= 11 is 2.97. The second-order valence-electron chi connectivity index (χ2n) is 2.39. The molecule has 0 unspecified atom stereocenters. The fraction of sp³-hybridized carbons (Fsp3) is 0.286. The number of aromatic nitrogens is 1. The first-order chi connectivity index (χ1) is 6.06. The number of hydrogen-bond donors (Lipinski definition) is 0. The predicted molar refractivity (Wildman–Crippen MR) is 50.7 cm³/mol. The molecule has 0 spiro atoms. The third kappa shape index (κ3) is 1.95. The lowest BCUT2D eigenvalue weighted by Crippen LogP contribution is -2.19. The number of rotatable bonds is 2. The lowest BCUT2D eigenvalue weighted by Gasteiger charge is -2.01. The number of pyridine rings is 1. The van der Waals surface area contributed by atoms with Crippen molar-refractivity contribution in [2.75, 3.05) is 0 Å². The minimum absolute atomic E-state index is 0.0895. The van der Waals surface area contributed by atoms with E-state index in [-0.39, 0.29) is 15.7 Å². The molecule has 0 aliphatic rings. The maximum Gasteiger partial charge on any atom is 0.286 e. The van der Waals surface area contributed by atoms with Gasteiger partial charge >= 0.3 is 0 Å². The molecule has 0 radical (unpaired) electrons. The Morgan fingerprint density at radius 1 is 1.69 bits per heavy atom. The van der Waals surface area contributed by atoms with E-state index < -0.39 is 4.92 Å². The van der Waals surface area contributed by atoms with Crippen molar-refractivity contribution < 1.29 is 4.92 Å². The largest absolute Gasteiger partial charge is 0.308 e. The molecule has 1 aromatic rings. The molecule has 0 aromatic carbocycles. The Hall–Kier alpha value is -1.17. The van der Waals surface area contributed by atoms with E-state index in [1.54, 1.807) is 6.92 Å². The topological polar surface area (TPSA) is 65.1 Å². The van der Waals surface area contributed by atoms with Crippen molar-refractivity contribution in [1.29, 1.82) is 0 Å². The van der Waals surface area contributed by atoms with Gasteiger partial charge in [-0.15, -0.1) is 0 Å². The zero-order valence-electron chi connectivity index (χ0n) is 6.86. The normalized spacial score (nSPS) is 10.0. The van der Waals surface area contributed by atoms with E-state index in [1.807, 2.05) is 0 Å². The molecule has 0 atom stereocenters. The maximum atomic E-state index is 11.3. The van der Waals surface area contributed by atoms with Crippen molar-refractivity contribution >= 4 is 21.6 Å². The van der Waals surface area contributed by atoms with Crippen molar-refractivity contribution in [1.82, 2.24) is 4.57 Å². The van der Waals surface area contributed by atoms with Crippen LogP contribution in [0.2, 0.25) is 0 Å². The van der Waals surface area contributed by atoms with Gasteiger partial charge in [0.05, 0.1) is 15.6 Å². The van der Waals surface area contributed by atoms with Gasteiger partial charge in [0.1, 0.15) is 0 Å². The quantitative estimate of drug-likeness (QED) is 0.588. The fourth-order valence-electron chi connectivity index (χ4n) is 0.919. The molecule has 13 heavy (non-hydrogen) atoms. The van der Waals surface area contributed by atoms with Crippen LogP contribution in [0.3, 0.4) is 0 Å². The first-order valence-electron chi connectivity index (χ1n) is 3.60. The van der Waals surface area contributed by atoms with Crippen LogP contribution in [-0.4, -0.2) is 9.49 Å². The van der Waals surface area contributed by atoms with Crippen molar-refractivity contribution in [2.45, 2.75) is 13.5 Å². The first kappa shape index (κ1) is 9.91. The molecule has 1 rings (SSSR count). The summed E-state index contributed by atoms with van der Waals surface area (Å²) < 4.78 is 1.49. The Morgan fingerprint density at radius 3 is 2.77 bits per heavy atom. The summed E-state index contributed by atoms with van der Waals surface area (Å²) in [6.07, 6.45) is 1.23. The van der Waals surface area contributed by atoms with Crippen LogP contribution in [0.4, 0.5) is 5.69 Å². The standard InChI is InChI=1S/C7H7BrN2O3/c1-2-9-4-5(10(12)13)3-6(8)7(9)11/h3-4H,2H2,1H3. The third-order valence-electron chi connectivity index (χ3n) is 1.58. The minimum atomic E-state index is -0.531. The lowest BCUT2D eigenvalue weighted by molar-refractivity contribution is -0.385. The highest BCUT2D eigenvalue weighted by molar-refractivity contribution is 9.10. The Morgan fingerprint density at radius 2 is 2.31 bits per heavy atom. The number of hydrogen-bond acceptors (Lipinski definition) is 3. The van der Waals surface area contributed by atoms with Crippen LogP contribution in [0.15, 0.2) is 21.5 Å². The van der Waals surface area contributed by atoms with Crippen LogP contribution in [0.1, 0.15) is 6.92 Å². The van der Waals surface area contributed by atoms with Crippen LogP contribution >= 0.6 is 15.9 Å². The van der Waals surface area contributed by atoms with Gasteiger partial charge in [-0.1, -0.05) is 0 Å². The fourth-order valence-corrected chi connectivity index (χ4v) is 1.38. The highest BCUT2D eigenvalue weighted by atomic mass is 79.9. The molecule has 0 aliphatic heterocycles. The summed E-state index contributed by atoms with van der Waals surface area (Å²) in [5, 5.41) is 10.4. The smallest absolute Gasteiger partial charge is 0.286 e. The lowest BCUT2D eigenvalue weighted by atomic mass is 10.4. The maximum absolute atomic E-state index is 11.3. The highest BCUT2D eigenvalue weighted by Gasteiger charge is 2.10. The molecule has 0 N–H and O–H groups in total. The molecule has 0 amide bonds. The van der Waals surface area contributed by atoms with Gasteiger partial charge in [0.15, 0.2) is 0 Å². The average Bonchev–Trinajstić information content (AvgIpc) is 2.09. The second kappa shape index (κ2) is 3.69. The van der Waals surface area contributed by atoms with E-state index in [1.165, 1.54) is 16.8 Å². The molecule has 0 aliphatic carbocycles. The predicted octanol–water partition coefficient (Wildman–Crippen LogP) is 1.54. The van der Waals surface area contributed by atoms with Gasteiger partial charge in [-0.2, -0.15) is 0 Å². The number of aryl methyl sites for hydroxylation is 1. The summed E-state index contributed by atoms with van der Waals surface area (Å²) in [6, 6.07) is 1.20. The second-order valence-corrected chi connectivity index (χ2v) is 3.25. The SMILES string of the molecule is CCn1cc([N+](=O)[O-])cc(Br)c1=O. The minimum Gasteiger partial charge on any atom is -0.308 e. The molecular weight excluding hydrogens is 240 g/mol. The van der Waals surface area contributed by atoms with E-state index in [2.05, 4.69) is 15.9 Å². The van der Waals surface area contributed by atoms with E-state index in [0.717, 1.165) is 0 Å². The molecule has 0 fully saturated rings. The van der Waals surface area contributed by atoms with Crippen LogP contribution in [-0.2, 0) is 6.54 Å². The van der Waals surface area contributed by atoms with Crippen molar-refractivity contribution in [3.63, 3.8) is 0 Å². The van der Waals surface area contributed by atoms with Crippen LogP contribution in [0.5, 0.6) is 0 Å². The molecule has 5 nitrogen and oxygen atoms in total. The summed E-state index contributed by atoms with van der Waals surface area (Å²) in [5.41, 5.74) is -0.346. The Labute approximate surface area is 82.3 Å². The Balaban J connectivity index is 3.39. The zero-order valence-corrected chi connectivity index (χ0v) is 8.44. The zero-order chi connectivity index (χ0) is 10.0. The monoisotopic (exact) mass is 246 g/mol. The van der Waals surface area contributed by atoms with Crippen molar-refractivity contribution in [2.24, 2.45) is 0 Å². The third-order valence-corrected chi connectivity index (χ3v) is 2.15. The summed E-state index contributed by atoms with van der Waals surface area (Å²) in [5.74, 6) is 0. The summed E-state index contributed by atoms with van der Waals surface area (Å²) in [6.45, 7) is 2.16. The van der Waals surface area contributed by atoms with Crippen LogP contribution in [0.25, 0.3) is 0 Å². The number of nitro groups is 1. The van der Waals surface area contributed by atoms with Gasteiger partial charge in [0.25, 0.3) is 11.2 Å². The van der Waals surface area contributed by atoms with Crippen LogP contribution < -0.4 is 5.56 Å². The molecule has 70 valence electrons. The van der Waals surface area contributed by atoms with E-state index in [9.17, 15) is 14.9 Å². The van der Waals surface area contributed by atoms with Gasteiger partial charge in [-0.05, 0) is 22.9 Å². The van der Waals surface area contributed by atoms with E-state index in [4.69, 9.17) is 0 Å². The average molecular weight is 247 g/mol. The van der Waals surface area contributed by atoms with Crippen molar-refractivity contribution in [3.05, 3.63) is 37.2 Å². The van der Waals surface area contributed by atoms with Gasteiger partial charge in [-0.25, -0.2) is 0 Å². The first-order valence-corrected chi connectivity index (χ1v) is 4.40. The van der Waals surface area contributed by atoms with Crippen LogP contribution in [0, 0.1) is 10.1 Å². The highest BCUT2D eigenvalue weighted by Crippen LogP contribution is 2.13. The molecule has 0 bridgehead atoms. The number of halogens is 1. The van der Waals surface area contributed by atoms with Gasteiger partial charge in [0.2, 0.25) is 0 Å². The van der Waals surface area contributed by atoms with E-state index >= 15 is 0 Å². The Kier molecular flexibility index (Phi) is 2.82. The number of nitrogens with zero attached hydrogens (tertiary/aromatic N) is 2. The molecule has 6 heteroatoms. The summed E-state index contributed by atoms with van der Waals surface area (Å²) in [4.78, 5) is 21.1. The van der Waals surface area contributed by atoms with Gasteiger partial charge in [0, 0.05) is 12.6 Å².